The smallest absolute Gasteiger partial charge is 0.550 e. The van der Waals surface area contributed by atoms with Crippen LogP contribution in [0.1, 0.15) is 25.0 Å². The van der Waals surface area contributed by atoms with Gasteiger partial charge >= 0.3 is 52.9 Å². The molecule has 0 heterocycles. The minimum absolute atomic E-state index is 0. The number of carboxylic acid groups (broad SMARTS) is 2. The molecule has 2 amide bonds. The molecule has 4 atom stereocenters. The standard InChI is InChI=1S/2C14H20NO6P.Ca/c2*1-10(14(17)18)8-15-13(16)12(9-22(19,20)21)7-11-5-3-2-4-6-11;/h2*2-6,10,12H,7-9H2,1H3,(H,15,16)(H,17,18)(H2,19,20,21);/q;;+2/p-2/t2*10?,12-;/m11./s1. The van der Waals surface area contributed by atoms with Gasteiger partial charge in [-0.15, -0.1) is 0 Å². The normalized spacial score (nSPS) is 13.8. The van der Waals surface area contributed by atoms with E-state index in [9.17, 15) is 38.5 Å². The van der Waals surface area contributed by atoms with Crippen molar-refractivity contribution in [3.05, 3.63) is 71.8 Å². The average molecular weight is 697 g/mol. The van der Waals surface area contributed by atoms with Crippen molar-refractivity contribution in [1.29, 1.82) is 0 Å². The zero-order valence-corrected chi connectivity index (χ0v) is 29.0. The molecule has 244 valence electrons. The van der Waals surface area contributed by atoms with Crippen LogP contribution in [-0.4, -0.2) is 106 Å². The van der Waals surface area contributed by atoms with Crippen LogP contribution in [0.15, 0.2) is 60.7 Å². The Balaban J connectivity index is 0.000000842. The van der Waals surface area contributed by atoms with Gasteiger partial charge in [0.1, 0.15) is 0 Å². The Morgan fingerprint density at radius 2 is 0.933 bits per heavy atom. The van der Waals surface area contributed by atoms with Gasteiger partial charge in [0.2, 0.25) is 11.8 Å². The SMILES string of the molecule is CC(CNC(=O)[C@H](Cc1ccccc1)CP(=O)(O)O)C(=O)[O-].CC(CNC(=O)[C@H](Cc1ccccc1)CP(=O)(O)O)C(=O)[O-].[Ca+2]. The molecule has 0 aliphatic rings. The number of rotatable bonds is 16. The monoisotopic (exact) mass is 696 g/mol. The summed E-state index contributed by atoms with van der Waals surface area (Å²) in [6, 6.07) is 17.7. The Morgan fingerprint density at radius 1 is 0.644 bits per heavy atom. The first-order valence-electron chi connectivity index (χ1n) is 13.5. The minimum Gasteiger partial charge on any atom is -0.550 e. The van der Waals surface area contributed by atoms with E-state index in [4.69, 9.17) is 19.6 Å². The van der Waals surface area contributed by atoms with Crippen LogP contribution in [0.3, 0.4) is 0 Å². The van der Waals surface area contributed by atoms with Gasteiger partial charge in [0, 0.05) is 36.9 Å². The molecule has 0 fully saturated rings. The number of hydrogen-bond acceptors (Lipinski definition) is 8. The predicted octanol–water partition coefficient (Wildman–Crippen LogP) is -1.33. The largest absolute Gasteiger partial charge is 2.00 e. The van der Waals surface area contributed by atoms with Crippen molar-refractivity contribution in [3.8, 4) is 0 Å². The molecule has 0 aliphatic heterocycles. The minimum atomic E-state index is -4.37. The molecule has 0 spiro atoms. The maximum Gasteiger partial charge on any atom is 2.00 e. The fourth-order valence-electron chi connectivity index (χ4n) is 3.81. The fraction of sp³-hybridized carbons (Fsp3) is 0.429. The first-order chi connectivity index (χ1) is 20.4. The van der Waals surface area contributed by atoms with Crippen molar-refractivity contribution in [3.63, 3.8) is 0 Å². The van der Waals surface area contributed by atoms with E-state index in [2.05, 4.69) is 10.6 Å². The van der Waals surface area contributed by atoms with E-state index in [-0.39, 0.29) is 63.7 Å². The van der Waals surface area contributed by atoms with Crippen LogP contribution in [0.5, 0.6) is 0 Å². The topological polar surface area (TPSA) is 254 Å². The molecule has 0 aromatic heterocycles. The zero-order chi connectivity index (χ0) is 33.5. The van der Waals surface area contributed by atoms with E-state index in [1.165, 1.54) is 13.8 Å². The number of carbonyl (C=O) groups is 4. The molecule has 0 radical (unpaired) electrons. The summed E-state index contributed by atoms with van der Waals surface area (Å²) >= 11 is 0. The number of nitrogens with one attached hydrogen (secondary N) is 2. The Hall–Kier alpha value is -2.12. The summed E-state index contributed by atoms with van der Waals surface area (Å²) < 4.78 is 22.4. The third-order valence-corrected chi connectivity index (χ3v) is 8.11. The number of carboxylic acids is 2. The first kappa shape index (κ1) is 42.9. The van der Waals surface area contributed by atoms with Gasteiger partial charge in [0.05, 0.1) is 24.2 Å². The molecule has 2 aromatic rings. The van der Waals surface area contributed by atoms with E-state index < -0.39 is 74.9 Å². The Kier molecular flexibility index (Phi) is 19.9. The Labute approximate surface area is 291 Å². The van der Waals surface area contributed by atoms with Gasteiger partial charge in [-0.3, -0.25) is 18.7 Å². The van der Waals surface area contributed by atoms with Crippen LogP contribution < -0.4 is 20.8 Å². The van der Waals surface area contributed by atoms with Crippen molar-refractivity contribution in [1.82, 2.24) is 10.6 Å². The summed E-state index contributed by atoms with van der Waals surface area (Å²) in [6.07, 6.45) is -0.851. The molecule has 0 aliphatic carbocycles. The van der Waals surface area contributed by atoms with Crippen LogP contribution in [0.2, 0.25) is 0 Å². The van der Waals surface area contributed by atoms with E-state index in [1.807, 2.05) is 0 Å². The second-order valence-corrected chi connectivity index (χ2v) is 13.8. The van der Waals surface area contributed by atoms with E-state index >= 15 is 0 Å². The molecule has 0 saturated carbocycles. The van der Waals surface area contributed by atoms with E-state index in [0.29, 0.717) is 0 Å². The van der Waals surface area contributed by atoms with Gasteiger partial charge in [-0.25, -0.2) is 0 Å². The molecule has 2 rings (SSSR count). The summed E-state index contributed by atoms with van der Waals surface area (Å²) in [5, 5.41) is 26.0. The van der Waals surface area contributed by atoms with Gasteiger partial charge in [-0.05, 0) is 24.0 Å². The second-order valence-electron chi connectivity index (χ2n) is 10.4. The molecule has 45 heavy (non-hydrogen) atoms. The van der Waals surface area contributed by atoms with Gasteiger partial charge in [-0.1, -0.05) is 74.5 Å². The summed E-state index contributed by atoms with van der Waals surface area (Å²) in [5.41, 5.74) is 1.54. The quantitative estimate of drug-likeness (QED) is 0.0882. The molecule has 2 unspecified atom stereocenters. The zero-order valence-electron chi connectivity index (χ0n) is 25.0. The third-order valence-electron chi connectivity index (χ3n) is 6.28. The Morgan fingerprint density at radius 3 is 1.18 bits per heavy atom. The molecular weight excluding hydrogens is 658 g/mol. The molecule has 6 N–H and O–H groups in total. The van der Waals surface area contributed by atoms with Gasteiger partial charge in [-0.2, -0.15) is 0 Å². The van der Waals surface area contributed by atoms with Crippen LogP contribution >= 0.6 is 15.2 Å². The van der Waals surface area contributed by atoms with E-state index in [0.717, 1.165) is 11.1 Å². The molecule has 17 heteroatoms. The maximum atomic E-state index is 12.1. The molecule has 14 nitrogen and oxygen atoms in total. The third kappa shape index (κ3) is 19.9. The van der Waals surface area contributed by atoms with Crippen molar-refractivity contribution < 1.29 is 58.1 Å². The molecule has 2 aromatic carbocycles. The van der Waals surface area contributed by atoms with Crippen LogP contribution in [0.4, 0.5) is 0 Å². The maximum absolute atomic E-state index is 12.1. The predicted molar refractivity (Wildman–Crippen MR) is 161 cm³/mol. The van der Waals surface area contributed by atoms with Crippen molar-refractivity contribution >= 4 is 76.7 Å². The summed E-state index contributed by atoms with van der Waals surface area (Å²) in [4.78, 5) is 81.8. The van der Waals surface area contributed by atoms with Crippen LogP contribution in [0, 0.1) is 23.7 Å². The molecular formula is C28H38CaN2O12P2. The number of amides is 2. The van der Waals surface area contributed by atoms with Crippen molar-refractivity contribution in [2.45, 2.75) is 26.7 Å². The number of aliphatic carboxylic acids is 2. The fourth-order valence-corrected chi connectivity index (χ4v) is 5.55. The van der Waals surface area contributed by atoms with Crippen LogP contribution in [0.25, 0.3) is 0 Å². The summed E-state index contributed by atoms with van der Waals surface area (Å²) in [7, 11) is -8.74. The van der Waals surface area contributed by atoms with Gasteiger partial charge in [0.25, 0.3) is 0 Å². The number of carbonyl (C=O) groups excluding carboxylic acids is 4. The summed E-state index contributed by atoms with van der Waals surface area (Å²) in [6.45, 7) is 2.47. The molecule has 0 bridgehead atoms. The second kappa shape index (κ2) is 20.9. The van der Waals surface area contributed by atoms with Gasteiger partial charge in [0.15, 0.2) is 0 Å². The number of hydrogen-bond donors (Lipinski definition) is 6. The Bertz CT molecular complexity index is 1220. The summed E-state index contributed by atoms with van der Waals surface area (Å²) in [5.74, 6) is -7.38. The van der Waals surface area contributed by atoms with Crippen molar-refractivity contribution in [2.75, 3.05) is 25.4 Å². The molecule has 0 saturated heterocycles. The number of benzene rings is 2. The average Bonchev–Trinajstić information content (AvgIpc) is 2.93. The van der Waals surface area contributed by atoms with Crippen molar-refractivity contribution in [2.24, 2.45) is 23.7 Å². The first-order valence-corrected chi connectivity index (χ1v) is 17.1. The van der Waals surface area contributed by atoms with Gasteiger partial charge < -0.3 is 50.0 Å². The van der Waals surface area contributed by atoms with Crippen LogP contribution in [-0.2, 0) is 41.1 Å². The van der Waals surface area contributed by atoms with E-state index in [1.54, 1.807) is 60.7 Å².